The SMILES string of the molecule is CN(Cc1cnn(-c2ccc(F)cc2)c1)C(=O)Cn1c(=O)[nH]c2ccccc21. The van der Waals surface area contributed by atoms with E-state index in [4.69, 9.17) is 0 Å². The first-order valence-corrected chi connectivity index (χ1v) is 8.72. The Balaban J connectivity index is 1.47. The van der Waals surface area contributed by atoms with E-state index in [1.807, 2.05) is 12.1 Å². The lowest BCUT2D eigenvalue weighted by molar-refractivity contribution is -0.131. The summed E-state index contributed by atoms with van der Waals surface area (Å²) in [6, 6.07) is 13.2. The van der Waals surface area contributed by atoms with E-state index >= 15 is 0 Å². The molecule has 0 atom stereocenters. The fourth-order valence-electron chi connectivity index (χ4n) is 3.06. The molecule has 0 bridgehead atoms. The predicted octanol–water partition coefficient (Wildman–Crippen LogP) is 2.31. The Hall–Kier alpha value is -3.68. The van der Waals surface area contributed by atoms with Crippen LogP contribution in [-0.4, -0.2) is 37.2 Å². The number of imidazole rings is 1. The number of halogens is 1. The first-order valence-electron chi connectivity index (χ1n) is 8.72. The van der Waals surface area contributed by atoms with E-state index in [0.29, 0.717) is 17.6 Å². The van der Waals surface area contributed by atoms with Crippen LogP contribution in [0.15, 0.2) is 65.7 Å². The highest BCUT2D eigenvalue weighted by Crippen LogP contribution is 2.12. The summed E-state index contributed by atoms with van der Waals surface area (Å²) in [5.41, 5.74) is 2.63. The van der Waals surface area contributed by atoms with Gasteiger partial charge in [-0.05, 0) is 36.4 Å². The summed E-state index contributed by atoms with van der Waals surface area (Å²) in [6.07, 6.45) is 3.44. The molecular formula is C20H18FN5O2. The molecule has 0 unspecified atom stereocenters. The maximum atomic E-state index is 13.0. The highest BCUT2D eigenvalue weighted by Gasteiger charge is 2.15. The summed E-state index contributed by atoms with van der Waals surface area (Å²) < 4.78 is 16.1. The molecule has 1 amide bonds. The Morgan fingerprint density at radius 2 is 1.93 bits per heavy atom. The van der Waals surface area contributed by atoms with Gasteiger partial charge < -0.3 is 9.88 Å². The van der Waals surface area contributed by atoms with Gasteiger partial charge in [0.1, 0.15) is 12.4 Å². The molecule has 0 aliphatic heterocycles. The third-order valence-electron chi connectivity index (χ3n) is 4.55. The monoisotopic (exact) mass is 379 g/mol. The van der Waals surface area contributed by atoms with Crippen LogP contribution in [0.2, 0.25) is 0 Å². The Labute approximate surface area is 159 Å². The minimum Gasteiger partial charge on any atom is -0.340 e. The lowest BCUT2D eigenvalue weighted by atomic mass is 10.3. The fourth-order valence-corrected chi connectivity index (χ4v) is 3.06. The van der Waals surface area contributed by atoms with Crippen molar-refractivity contribution < 1.29 is 9.18 Å². The van der Waals surface area contributed by atoms with Crippen LogP contribution < -0.4 is 5.69 Å². The van der Waals surface area contributed by atoms with E-state index in [1.165, 1.54) is 16.7 Å². The number of nitrogens with zero attached hydrogens (tertiary/aromatic N) is 4. The second kappa shape index (κ2) is 7.15. The summed E-state index contributed by atoms with van der Waals surface area (Å²) >= 11 is 0. The smallest absolute Gasteiger partial charge is 0.326 e. The third kappa shape index (κ3) is 3.44. The predicted molar refractivity (Wildman–Crippen MR) is 103 cm³/mol. The van der Waals surface area contributed by atoms with Gasteiger partial charge in [-0.1, -0.05) is 12.1 Å². The minimum atomic E-state index is -0.313. The lowest BCUT2D eigenvalue weighted by Gasteiger charge is -2.16. The van der Waals surface area contributed by atoms with Crippen LogP contribution >= 0.6 is 0 Å². The molecule has 0 aliphatic rings. The summed E-state index contributed by atoms with van der Waals surface area (Å²) in [5, 5.41) is 4.26. The Morgan fingerprint density at radius 3 is 2.71 bits per heavy atom. The third-order valence-corrected chi connectivity index (χ3v) is 4.55. The van der Waals surface area contributed by atoms with E-state index < -0.39 is 0 Å². The Bertz CT molecular complexity index is 1190. The maximum Gasteiger partial charge on any atom is 0.326 e. The number of fused-ring (bicyclic) bond motifs is 1. The molecule has 4 rings (SSSR count). The van der Waals surface area contributed by atoms with Crippen molar-refractivity contribution in [2.24, 2.45) is 0 Å². The van der Waals surface area contributed by atoms with Gasteiger partial charge in [0.2, 0.25) is 5.91 Å². The Kier molecular flexibility index (Phi) is 4.52. The maximum absolute atomic E-state index is 13.0. The number of aromatic amines is 1. The standard InChI is InChI=1S/C20H18FN5O2/c1-24(11-14-10-22-26(12-14)16-8-6-15(21)7-9-16)19(27)13-25-18-5-3-2-4-17(18)23-20(25)28/h2-10,12H,11,13H2,1H3,(H,23,28). The van der Waals surface area contributed by atoms with Crippen LogP contribution in [0.25, 0.3) is 16.7 Å². The van der Waals surface area contributed by atoms with Crippen LogP contribution in [0.1, 0.15) is 5.56 Å². The van der Waals surface area contributed by atoms with Crippen LogP contribution in [0.3, 0.4) is 0 Å². The van der Waals surface area contributed by atoms with Crippen molar-refractivity contribution in [3.63, 3.8) is 0 Å². The van der Waals surface area contributed by atoms with E-state index in [2.05, 4.69) is 10.1 Å². The number of aromatic nitrogens is 4. The van der Waals surface area contributed by atoms with Gasteiger partial charge >= 0.3 is 5.69 Å². The topological polar surface area (TPSA) is 75.9 Å². The highest BCUT2D eigenvalue weighted by atomic mass is 19.1. The van der Waals surface area contributed by atoms with Crippen molar-refractivity contribution in [2.45, 2.75) is 13.1 Å². The van der Waals surface area contributed by atoms with Crippen molar-refractivity contribution >= 4 is 16.9 Å². The van der Waals surface area contributed by atoms with Crippen LogP contribution in [-0.2, 0) is 17.9 Å². The number of benzene rings is 2. The molecule has 2 aromatic heterocycles. The lowest BCUT2D eigenvalue weighted by Crippen LogP contribution is -2.32. The Morgan fingerprint density at radius 1 is 1.18 bits per heavy atom. The zero-order chi connectivity index (χ0) is 19.7. The van der Waals surface area contributed by atoms with Crippen LogP contribution in [0.4, 0.5) is 4.39 Å². The molecule has 2 heterocycles. The summed E-state index contributed by atoms with van der Waals surface area (Å²) in [5.74, 6) is -0.504. The molecule has 0 aliphatic carbocycles. The fraction of sp³-hybridized carbons (Fsp3) is 0.150. The van der Waals surface area contributed by atoms with Crippen molar-refractivity contribution in [3.05, 3.63) is 82.8 Å². The second-order valence-electron chi connectivity index (χ2n) is 6.55. The molecule has 0 saturated carbocycles. The molecular weight excluding hydrogens is 361 g/mol. The number of para-hydroxylation sites is 2. The molecule has 0 spiro atoms. The normalized spacial score (nSPS) is 11.1. The number of rotatable bonds is 5. The summed E-state index contributed by atoms with van der Waals surface area (Å²) in [6.45, 7) is 0.294. The quantitative estimate of drug-likeness (QED) is 0.578. The van der Waals surface area contributed by atoms with Gasteiger partial charge in [0, 0.05) is 25.4 Å². The number of carbonyl (C=O) groups excluding carboxylic acids is 1. The van der Waals surface area contributed by atoms with Crippen molar-refractivity contribution in [2.75, 3.05) is 7.05 Å². The van der Waals surface area contributed by atoms with Gasteiger partial charge in [-0.3, -0.25) is 9.36 Å². The average molecular weight is 379 g/mol. The van der Waals surface area contributed by atoms with E-state index in [1.54, 1.807) is 53.3 Å². The number of likely N-dealkylation sites (N-methyl/N-ethyl adjacent to an activating group) is 1. The number of carbonyl (C=O) groups is 1. The van der Waals surface area contributed by atoms with Gasteiger partial charge in [-0.2, -0.15) is 5.10 Å². The molecule has 2 aromatic carbocycles. The summed E-state index contributed by atoms with van der Waals surface area (Å²) in [4.78, 5) is 29.0. The van der Waals surface area contributed by atoms with Crippen LogP contribution in [0.5, 0.6) is 0 Å². The molecule has 4 aromatic rings. The largest absolute Gasteiger partial charge is 0.340 e. The van der Waals surface area contributed by atoms with Gasteiger partial charge in [0.15, 0.2) is 0 Å². The minimum absolute atomic E-state index is 0.0502. The molecule has 1 N–H and O–H groups in total. The summed E-state index contributed by atoms with van der Waals surface area (Å²) in [7, 11) is 1.68. The molecule has 28 heavy (non-hydrogen) atoms. The highest BCUT2D eigenvalue weighted by molar-refractivity contribution is 5.80. The van der Waals surface area contributed by atoms with E-state index in [0.717, 1.165) is 11.3 Å². The molecule has 7 nitrogen and oxygen atoms in total. The van der Waals surface area contributed by atoms with Crippen molar-refractivity contribution in [1.82, 2.24) is 24.2 Å². The number of hydrogen-bond donors (Lipinski definition) is 1. The van der Waals surface area contributed by atoms with Gasteiger partial charge in [-0.25, -0.2) is 13.9 Å². The molecule has 8 heteroatoms. The van der Waals surface area contributed by atoms with E-state index in [9.17, 15) is 14.0 Å². The van der Waals surface area contributed by atoms with Crippen molar-refractivity contribution in [3.8, 4) is 5.69 Å². The zero-order valence-corrected chi connectivity index (χ0v) is 15.2. The second-order valence-corrected chi connectivity index (χ2v) is 6.55. The van der Waals surface area contributed by atoms with Crippen molar-refractivity contribution in [1.29, 1.82) is 0 Å². The number of hydrogen-bond acceptors (Lipinski definition) is 3. The number of amides is 1. The number of nitrogens with one attached hydrogen (secondary N) is 1. The molecule has 0 radical (unpaired) electrons. The van der Waals surface area contributed by atoms with Gasteiger partial charge in [-0.15, -0.1) is 0 Å². The average Bonchev–Trinajstić information content (AvgIpc) is 3.27. The first kappa shape index (κ1) is 17.7. The van der Waals surface area contributed by atoms with Crippen LogP contribution in [0, 0.1) is 5.82 Å². The van der Waals surface area contributed by atoms with E-state index in [-0.39, 0.29) is 24.0 Å². The zero-order valence-electron chi connectivity index (χ0n) is 15.2. The molecule has 0 saturated heterocycles. The first-order chi connectivity index (χ1) is 13.5. The molecule has 142 valence electrons. The number of H-pyrrole nitrogens is 1. The molecule has 0 fully saturated rings. The van der Waals surface area contributed by atoms with Gasteiger partial charge in [0.05, 0.1) is 22.9 Å². The van der Waals surface area contributed by atoms with Gasteiger partial charge in [0.25, 0.3) is 0 Å².